The third-order valence-electron chi connectivity index (χ3n) is 3.96. The molecule has 32 heavy (non-hydrogen) atoms. The van der Waals surface area contributed by atoms with Gasteiger partial charge in [-0.1, -0.05) is 24.3 Å². The van der Waals surface area contributed by atoms with Gasteiger partial charge in [0.15, 0.2) is 5.78 Å². The zero-order valence-corrected chi connectivity index (χ0v) is 18.8. The van der Waals surface area contributed by atoms with Crippen LogP contribution in [0.2, 0.25) is 0 Å². The SMILES string of the molecule is CC=COc1ccc(C=CC(=O)c2ccc(OC=CC)cc2OC=CC)c(OC=CC)c1. The van der Waals surface area contributed by atoms with Gasteiger partial charge in [0.25, 0.3) is 0 Å². The maximum Gasteiger partial charge on any atom is 0.189 e. The molecule has 5 heteroatoms. The van der Waals surface area contributed by atoms with Crippen LogP contribution in [0.3, 0.4) is 0 Å². The average molecular weight is 433 g/mol. The largest absolute Gasteiger partial charge is 0.465 e. The predicted molar refractivity (Wildman–Crippen MR) is 128 cm³/mol. The van der Waals surface area contributed by atoms with Crippen LogP contribution in [0.1, 0.15) is 43.6 Å². The summed E-state index contributed by atoms with van der Waals surface area (Å²) in [5.74, 6) is 1.95. The fourth-order valence-corrected chi connectivity index (χ4v) is 2.54. The topological polar surface area (TPSA) is 54.0 Å². The van der Waals surface area contributed by atoms with E-state index in [0.29, 0.717) is 28.6 Å². The normalized spacial score (nSPS) is 11.9. The van der Waals surface area contributed by atoms with E-state index < -0.39 is 0 Å². The molecule has 0 saturated heterocycles. The molecular formula is C27H28O5. The molecule has 5 nitrogen and oxygen atoms in total. The number of allylic oxidation sites excluding steroid dienone is 5. The number of carbonyl (C=O) groups excluding carboxylic acids is 1. The number of ether oxygens (including phenoxy) is 4. The summed E-state index contributed by atoms with van der Waals surface area (Å²) in [5, 5.41) is 0. The molecule has 0 radical (unpaired) electrons. The smallest absolute Gasteiger partial charge is 0.189 e. The van der Waals surface area contributed by atoms with Gasteiger partial charge in [-0.15, -0.1) is 0 Å². The van der Waals surface area contributed by atoms with Gasteiger partial charge in [-0.2, -0.15) is 0 Å². The lowest BCUT2D eigenvalue weighted by Crippen LogP contribution is -1.99. The highest BCUT2D eigenvalue weighted by atomic mass is 16.5. The van der Waals surface area contributed by atoms with Gasteiger partial charge < -0.3 is 18.9 Å². The van der Waals surface area contributed by atoms with Crippen molar-refractivity contribution < 1.29 is 23.7 Å². The molecule has 0 atom stereocenters. The second kappa shape index (κ2) is 13.3. The molecule has 0 saturated carbocycles. The first kappa shape index (κ1) is 24.3. The van der Waals surface area contributed by atoms with Crippen LogP contribution in [0, 0.1) is 0 Å². The Balaban J connectivity index is 2.33. The highest BCUT2D eigenvalue weighted by Crippen LogP contribution is 2.29. The minimum absolute atomic E-state index is 0.215. The van der Waals surface area contributed by atoms with Crippen molar-refractivity contribution in [1.29, 1.82) is 0 Å². The van der Waals surface area contributed by atoms with Crippen LogP contribution in [0.25, 0.3) is 6.08 Å². The van der Waals surface area contributed by atoms with E-state index in [2.05, 4.69) is 0 Å². The first-order chi connectivity index (χ1) is 15.6. The van der Waals surface area contributed by atoms with E-state index in [4.69, 9.17) is 18.9 Å². The third-order valence-corrected chi connectivity index (χ3v) is 3.96. The third kappa shape index (κ3) is 7.36. The van der Waals surface area contributed by atoms with Crippen molar-refractivity contribution in [1.82, 2.24) is 0 Å². The lowest BCUT2D eigenvalue weighted by Gasteiger charge is -2.09. The van der Waals surface area contributed by atoms with Crippen molar-refractivity contribution >= 4 is 11.9 Å². The van der Waals surface area contributed by atoms with Gasteiger partial charge in [-0.3, -0.25) is 4.79 Å². The second-order valence-corrected chi connectivity index (χ2v) is 6.40. The molecule has 0 amide bonds. The summed E-state index contributed by atoms with van der Waals surface area (Å²) in [4.78, 5) is 12.9. The maximum atomic E-state index is 12.9. The molecule has 166 valence electrons. The van der Waals surface area contributed by atoms with Gasteiger partial charge in [0.1, 0.15) is 23.0 Å². The summed E-state index contributed by atoms with van der Waals surface area (Å²) < 4.78 is 22.3. The Labute approximate surface area is 189 Å². The summed E-state index contributed by atoms with van der Waals surface area (Å²) in [6.07, 6.45) is 16.5. The molecule has 0 N–H and O–H groups in total. The Hall–Kier alpha value is -3.99. The zero-order chi connectivity index (χ0) is 23.2. The molecule has 0 unspecified atom stereocenters. The molecule has 2 aromatic carbocycles. The Morgan fingerprint density at radius 3 is 1.75 bits per heavy atom. The average Bonchev–Trinajstić information content (AvgIpc) is 2.82. The van der Waals surface area contributed by atoms with E-state index in [0.717, 1.165) is 5.56 Å². The number of hydrogen-bond donors (Lipinski definition) is 0. The number of carbonyl (C=O) groups is 1. The van der Waals surface area contributed by atoms with Crippen LogP contribution in [-0.4, -0.2) is 5.78 Å². The Bertz CT molecular complexity index is 1040. The van der Waals surface area contributed by atoms with Crippen LogP contribution in [0.15, 0.2) is 91.8 Å². The van der Waals surface area contributed by atoms with Gasteiger partial charge in [0, 0.05) is 17.7 Å². The number of benzene rings is 2. The molecule has 0 aliphatic carbocycles. The van der Waals surface area contributed by atoms with Gasteiger partial charge in [0.2, 0.25) is 0 Å². The van der Waals surface area contributed by atoms with E-state index in [1.807, 2.05) is 33.8 Å². The summed E-state index contributed by atoms with van der Waals surface area (Å²) in [7, 11) is 0. The van der Waals surface area contributed by atoms with Gasteiger partial charge in [0.05, 0.1) is 30.6 Å². The van der Waals surface area contributed by atoms with E-state index in [-0.39, 0.29) is 5.78 Å². The summed E-state index contributed by atoms with van der Waals surface area (Å²) in [5.41, 5.74) is 1.14. The maximum absolute atomic E-state index is 12.9. The van der Waals surface area contributed by atoms with Crippen LogP contribution in [0.5, 0.6) is 23.0 Å². The molecular weight excluding hydrogens is 404 g/mol. The van der Waals surface area contributed by atoms with Crippen molar-refractivity contribution in [3.8, 4) is 23.0 Å². The number of ketones is 1. The number of rotatable bonds is 11. The van der Waals surface area contributed by atoms with Crippen LogP contribution in [-0.2, 0) is 0 Å². The van der Waals surface area contributed by atoms with Crippen molar-refractivity contribution in [3.63, 3.8) is 0 Å². The lowest BCUT2D eigenvalue weighted by molar-refractivity contribution is 0.104. The number of hydrogen-bond acceptors (Lipinski definition) is 5. The van der Waals surface area contributed by atoms with Crippen molar-refractivity contribution in [2.75, 3.05) is 0 Å². The standard InChI is InChI=1S/C27H28O5/c1-5-15-29-22-11-9-21(26(19-22)31-17-7-3)10-14-25(28)24-13-12-23(30-16-6-2)20-27(24)32-18-8-4/h5-20H,1-4H3. The Kier molecular flexibility index (Phi) is 10.1. The molecule has 0 aliphatic rings. The van der Waals surface area contributed by atoms with E-state index in [1.165, 1.54) is 12.3 Å². The second-order valence-electron chi connectivity index (χ2n) is 6.40. The van der Waals surface area contributed by atoms with E-state index in [9.17, 15) is 4.79 Å². The molecule has 0 bridgehead atoms. The summed E-state index contributed by atoms with van der Waals surface area (Å²) >= 11 is 0. The zero-order valence-electron chi connectivity index (χ0n) is 18.8. The molecule has 2 rings (SSSR count). The first-order valence-electron chi connectivity index (χ1n) is 10.2. The molecule has 0 aromatic heterocycles. The molecule has 2 aromatic rings. The summed E-state index contributed by atoms with van der Waals surface area (Å²) in [6, 6.07) is 10.5. The van der Waals surface area contributed by atoms with Crippen molar-refractivity contribution in [2.45, 2.75) is 27.7 Å². The van der Waals surface area contributed by atoms with Gasteiger partial charge in [-0.05, 0) is 64.1 Å². The molecule has 0 aliphatic heterocycles. The molecule has 0 fully saturated rings. The van der Waals surface area contributed by atoms with Crippen LogP contribution >= 0.6 is 0 Å². The highest BCUT2D eigenvalue weighted by molar-refractivity contribution is 6.08. The Morgan fingerprint density at radius 1 is 0.656 bits per heavy atom. The fraction of sp³-hybridized carbons (Fsp3) is 0.148. The van der Waals surface area contributed by atoms with Crippen molar-refractivity contribution in [2.24, 2.45) is 0 Å². The molecule has 0 heterocycles. The molecule has 0 spiro atoms. The van der Waals surface area contributed by atoms with Gasteiger partial charge >= 0.3 is 0 Å². The first-order valence-corrected chi connectivity index (χ1v) is 10.2. The minimum atomic E-state index is -0.215. The highest BCUT2D eigenvalue weighted by Gasteiger charge is 2.12. The summed E-state index contributed by atoms with van der Waals surface area (Å²) in [6.45, 7) is 7.41. The Morgan fingerprint density at radius 2 is 1.16 bits per heavy atom. The van der Waals surface area contributed by atoms with Crippen LogP contribution in [0.4, 0.5) is 0 Å². The van der Waals surface area contributed by atoms with Crippen LogP contribution < -0.4 is 18.9 Å². The minimum Gasteiger partial charge on any atom is -0.465 e. The fourth-order valence-electron chi connectivity index (χ4n) is 2.54. The monoisotopic (exact) mass is 432 g/mol. The van der Waals surface area contributed by atoms with E-state index >= 15 is 0 Å². The predicted octanol–water partition coefficient (Wildman–Crippen LogP) is 7.23. The lowest BCUT2D eigenvalue weighted by atomic mass is 10.1. The van der Waals surface area contributed by atoms with Crippen molar-refractivity contribution in [3.05, 3.63) is 103 Å². The van der Waals surface area contributed by atoms with Gasteiger partial charge in [-0.25, -0.2) is 0 Å². The van der Waals surface area contributed by atoms with E-state index in [1.54, 1.807) is 79.5 Å². The quantitative estimate of drug-likeness (QED) is 0.213.